The maximum absolute atomic E-state index is 6.54. The molecule has 0 heterocycles. The molecule has 2 aromatic carbocycles. The zero-order valence-electron chi connectivity index (χ0n) is 15.3. The normalized spacial score (nSPS) is 15.2. The molecule has 3 heteroatoms. The van der Waals surface area contributed by atoms with Crippen LogP contribution < -0.4 is 0 Å². The predicted molar refractivity (Wildman–Crippen MR) is 103 cm³/mol. The van der Waals surface area contributed by atoms with E-state index in [2.05, 4.69) is 75.5 Å². The Morgan fingerprint density at radius 1 is 0.833 bits per heavy atom. The fraction of sp³-hybridized carbons (Fsp3) is 0.429. The topological polar surface area (TPSA) is 18.5 Å². The summed E-state index contributed by atoms with van der Waals surface area (Å²) < 4.78 is 12.5. The van der Waals surface area contributed by atoms with Gasteiger partial charge in [0.05, 0.1) is 12.0 Å². The number of hydrogen-bond acceptors (Lipinski definition) is 2. The Kier molecular flexibility index (Phi) is 4.95. The summed E-state index contributed by atoms with van der Waals surface area (Å²) in [5.74, 6) is 0. The van der Waals surface area contributed by atoms with Crippen LogP contribution in [0.5, 0.6) is 0 Å². The zero-order chi connectivity index (χ0) is 17.2. The average Bonchev–Trinajstić information content (AvgIpc) is 2.89. The molecule has 0 aromatic heterocycles. The summed E-state index contributed by atoms with van der Waals surface area (Å²) in [6.07, 6.45) is 0. The van der Waals surface area contributed by atoms with Crippen molar-refractivity contribution in [1.82, 2.24) is 0 Å². The van der Waals surface area contributed by atoms with Crippen LogP contribution in [0.3, 0.4) is 0 Å². The molecule has 128 valence electrons. The van der Waals surface area contributed by atoms with Crippen LogP contribution in [0.1, 0.15) is 25.0 Å². The first-order chi connectivity index (χ1) is 11.5. The van der Waals surface area contributed by atoms with Gasteiger partial charge in [0.25, 0.3) is 0 Å². The Hall–Kier alpha value is -1.42. The van der Waals surface area contributed by atoms with Crippen molar-refractivity contribution in [2.24, 2.45) is 0 Å². The lowest BCUT2D eigenvalue weighted by Crippen LogP contribution is -2.42. The summed E-state index contributed by atoms with van der Waals surface area (Å²) in [7, 11) is -1.63. The molecule has 0 aliphatic heterocycles. The van der Waals surface area contributed by atoms with Gasteiger partial charge in [0, 0.05) is 13.2 Å². The van der Waals surface area contributed by atoms with Gasteiger partial charge >= 0.3 is 0 Å². The molecular weight excluding hydrogens is 312 g/mol. The van der Waals surface area contributed by atoms with Gasteiger partial charge in [-0.2, -0.15) is 0 Å². The summed E-state index contributed by atoms with van der Waals surface area (Å²) in [4.78, 5) is 0. The van der Waals surface area contributed by atoms with Gasteiger partial charge in [0.1, 0.15) is 0 Å². The SMILES string of the molecule is CCOCC1(CO[Si](C)(C)CC)c2ccccc2-c2ccccc21. The van der Waals surface area contributed by atoms with Gasteiger partial charge in [-0.3, -0.25) is 0 Å². The first kappa shape index (κ1) is 17.4. The van der Waals surface area contributed by atoms with Gasteiger partial charge in [0.2, 0.25) is 0 Å². The molecule has 0 unspecified atom stereocenters. The largest absolute Gasteiger partial charge is 0.416 e. The summed E-state index contributed by atoms with van der Waals surface area (Å²) in [5.41, 5.74) is 5.16. The van der Waals surface area contributed by atoms with E-state index in [0.29, 0.717) is 13.2 Å². The molecule has 0 saturated heterocycles. The standard InChI is InChI=1S/C21H28O2Si/c1-5-22-15-21(16-23-24(3,4)6-2)19-13-9-7-11-17(19)18-12-8-10-14-20(18)21/h7-14H,5-6,15-16H2,1-4H3. The van der Waals surface area contributed by atoms with Gasteiger partial charge < -0.3 is 9.16 Å². The molecule has 0 spiro atoms. The molecule has 0 N–H and O–H groups in total. The van der Waals surface area contributed by atoms with Crippen LogP contribution in [0.4, 0.5) is 0 Å². The van der Waals surface area contributed by atoms with Crippen LogP contribution in [0.2, 0.25) is 19.1 Å². The highest BCUT2D eigenvalue weighted by atomic mass is 28.4. The monoisotopic (exact) mass is 340 g/mol. The molecule has 0 saturated carbocycles. The fourth-order valence-corrected chi connectivity index (χ4v) is 4.31. The Bertz CT molecular complexity index is 663. The average molecular weight is 341 g/mol. The number of fused-ring (bicyclic) bond motifs is 3. The lowest BCUT2D eigenvalue weighted by Gasteiger charge is -2.35. The lowest BCUT2D eigenvalue weighted by molar-refractivity contribution is 0.0818. The molecule has 3 rings (SSSR count). The van der Waals surface area contributed by atoms with E-state index in [0.717, 1.165) is 12.7 Å². The molecule has 1 aliphatic rings. The zero-order valence-corrected chi connectivity index (χ0v) is 16.3. The van der Waals surface area contributed by atoms with Gasteiger partial charge in [-0.1, -0.05) is 55.5 Å². The van der Waals surface area contributed by atoms with Crippen molar-refractivity contribution in [2.75, 3.05) is 19.8 Å². The molecule has 2 nitrogen and oxygen atoms in total. The Morgan fingerprint density at radius 3 is 1.88 bits per heavy atom. The van der Waals surface area contributed by atoms with Crippen molar-refractivity contribution in [3.05, 3.63) is 59.7 Å². The molecule has 0 atom stereocenters. The summed E-state index contributed by atoms with van der Waals surface area (Å²) in [6.45, 7) is 11.0. The van der Waals surface area contributed by atoms with E-state index in [-0.39, 0.29) is 5.41 Å². The van der Waals surface area contributed by atoms with E-state index in [1.165, 1.54) is 22.3 Å². The highest BCUT2D eigenvalue weighted by Gasteiger charge is 2.44. The van der Waals surface area contributed by atoms with E-state index in [9.17, 15) is 0 Å². The van der Waals surface area contributed by atoms with Crippen molar-refractivity contribution < 1.29 is 9.16 Å². The lowest BCUT2D eigenvalue weighted by atomic mass is 9.79. The Morgan fingerprint density at radius 2 is 1.38 bits per heavy atom. The number of rotatable bonds is 7. The molecule has 0 amide bonds. The summed E-state index contributed by atoms with van der Waals surface area (Å²) in [5, 5.41) is 0. The van der Waals surface area contributed by atoms with Crippen LogP contribution in [-0.4, -0.2) is 28.1 Å². The minimum Gasteiger partial charge on any atom is -0.416 e. The van der Waals surface area contributed by atoms with Gasteiger partial charge in [-0.25, -0.2) is 0 Å². The van der Waals surface area contributed by atoms with Gasteiger partial charge in [-0.15, -0.1) is 0 Å². The summed E-state index contributed by atoms with van der Waals surface area (Å²) >= 11 is 0. The van der Waals surface area contributed by atoms with Gasteiger partial charge in [-0.05, 0) is 48.3 Å². The fourth-order valence-electron chi connectivity index (χ4n) is 3.47. The molecule has 0 fully saturated rings. The van der Waals surface area contributed by atoms with Crippen molar-refractivity contribution in [3.8, 4) is 11.1 Å². The summed E-state index contributed by atoms with van der Waals surface area (Å²) in [6, 6.07) is 18.6. The highest BCUT2D eigenvalue weighted by Crippen LogP contribution is 2.49. The van der Waals surface area contributed by atoms with E-state index in [1.54, 1.807) is 0 Å². The highest BCUT2D eigenvalue weighted by molar-refractivity contribution is 6.71. The van der Waals surface area contributed by atoms with E-state index >= 15 is 0 Å². The van der Waals surface area contributed by atoms with Crippen molar-refractivity contribution in [1.29, 1.82) is 0 Å². The van der Waals surface area contributed by atoms with Crippen LogP contribution in [-0.2, 0) is 14.6 Å². The number of ether oxygens (including phenoxy) is 1. The van der Waals surface area contributed by atoms with Crippen molar-refractivity contribution >= 4 is 8.32 Å². The molecule has 0 bridgehead atoms. The number of hydrogen-bond donors (Lipinski definition) is 0. The van der Waals surface area contributed by atoms with E-state index < -0.39 is 8.32 Å². The third-order valence-corrected chi connectivity index (χ3v) is 7.92. The quantitative estimate of drug-likeness (QED) is 0.642. The first-order valence-electron chi connectivity index (χ1n) is 8.95. The van der Waals surface area contributed by atoms with Crippen LogP contribution >= 0.6 is 0 Å². The molecule has 0 radical (unpaired) electrons. The van der Waals surface area contributed by atoms with E-state index in [1.807, 2.05) is 0 Å². The predicted octanol–water partition coefficient (Wildman–Crippen LogP) is 5.23. The second-order valence-electron chi connectivity index (χ2n) is 7.21. The Balaban J connectivity index is 2.10. The van der Waals surface area contributed by atoms with Crippen LogP contribution in [0, 0.1) is 0 Å². The van der Waals surface area contributed by atoms with Crippen LogP contribution in [0.25, 0.3) is 11.1 Å². The molecule has 2 aromatic rings. The minimum atomic E-state index is -1.63. The maximum Gasteiger partial charge on any atom is 0.186 e. The minimum absolute atomic E-state index is 0.192. The third-order valence-electron chi connectivity index (χ3n) is 5.29. The first-order valence-corrected chi connectivity index (χ1v) is 12.1. The molecule has 1 aliphatic carbocycles. The second kappa shape index (κ2) is 6.83. The second-order valence-corrected chi connectivity index (χ2v) is 11.7. The number of benzene rings is 2. The van der Waals surface area contributed by atoms with Crippen molar-refractivity contribution in [2.45, 2.75) is 38.4 Å². The maximum atomic E-state index is 6.54. The van der Waals surface area contributed by atoms with Crippen LogP contribution in [0.15, 0.2) is 48.5 Å². The van der Waals surface area contributed by atoms with Crippen molar-refractivity contribution in [3.63, 3.8) is 0 Å². The van der Waals surface area contributed by atoms with E-state index in [4.69, 9.17) is 9.16 Å². The molecular formula is C21H28O2Si. The Labute approximate surface area is 146 Å². The smallest absolute Gasteiger partial charge is 0.186 e. The molecule has 24 heavy (non-hydrogen) atoms. The third kappa shape index (κ3) is 2.96. The van der Waals surface area contributed by atoms with Gasteiger partial charge in [0.15, 0.2) is 8.32 Å².